The first kappa shape index (κ1) is 34.7. The highest BCUT2D eigenvalue weighted by Gasteiger charge is 2.26. The number of rotatable bonds is 5. The summed E-state index contributed by atoms with van der Waals surface area (Å²) in [7, 11) is 0. The van der Waals surface area contributed by atoms with Crippen molar-refractivity contribution in [3.05, 3.63) is 186 Å². The largest absolute Gasteiger partial charge is 0.455 e. The number of hydrogen-bond donors (Lipinski definition) is 0. The first-order valence-corrected chi connectivity index (χ1v) is 20.9. The number of aliphatic imine (C=N–C) groups is 2. The van der Waals surface area contributed by atoms with E-state index < -0.39 is 0 Å². The molecule has 0 bridgehead atoms. The van der Waals surface area contributed by atoms with E-state index in [1.54, 1.807) is 0 Å². The van der Waals surface area contributed by atoms with Crippen molar-refractivity contribution in [2.75, 3.05) is 0 Å². The van der Waals surface area contributed by atoms with Gasteiger partial charge in [-0.2, -0.15) is 0 Å². The molecule has 0 saturated carbocycles. The Kier molecular flexibility index (Phi) is 8.43. The van der Waals surface area contributed by atoms with Gasteiger partial charge in [0, 0.05) is 27.3 Å². The lowest BCUT2D eigenvalue weighted by Gasteiger charge is -2.25. The molecule has 280 valence electrons. The second kappa shape index (κ2) is 14.1. The molecule has 1 aromatic heterocycles. The highest BCUT2D eigenvalue weighted by molar-refractivity contribution is 6.26. The molecule has 1 aliphatic carbocycles. The first-order valence-electron chi connectivity index (χ1n) is 20.9. The third-order valence-corrected chi connectivity index (χ3v) is 12.9. The van der Waals surface area contributed by atoms with E-state index >= 15 is 0 Å². The van der Waals surface area contributed by atoms with Crippen LogP contribution in [0, 0.1) is 5.92 Å². The van der Waals surface area contributed by atoms with E-state index in [-0.39, 0.29) is 6.04 Å². The molecule has 3 heteroatoms. The van der Waals surface area contributed by atoms with Gasteiger partial charge in [-0.1, -0.05) is 159 Å². The summed E-state index contributed by atoms with van der Waals surface area (Å²) >= 11 is 0. The SMILES string of the molecule is CCC1CC=Cc2c1ccc1c(-c3ccc(C4=N/C(c5ccccc5)C(C)CC/C(c5cc6ccccc6c6oc7ccccc7c56)=N\4)cc3)cc3ccccc3c21. The number of benzene rings is 8. The summed E-state index contributed by atoms with van der Waals surface area (Å²) in [5, 5.41) is 9.74. The standard InChI is InChI=1S/C55H44N2O/c1-3-35-18-13-22-44-41(35)29-30-45-47(32-39-16-7-9-19-42(39)51(44)45)36-25-27-38(28-26-36)55-56-49(31-24-34(2)53(57-55)37-14-5-4-6-15-37)48-33-40-17-8-10-20-43(40)54-52(48)46-21-11-12-23-50(46)58-54/h4-17,19-23,25-30,32-35,53H,3,18,24,31H2,1-2H3/b56-49+,57-55-. The van der Waals surface area contributed by atoms with Crippen LogP contribution < -0.4 is 0 Å². The van der Waals surface area contributed by atoms with E-state index in [0.29, 0.717) is 11.8 Å². The molecule has 0 spiro atoms. The molecule has 1 aliphatic heterocycles. The number of amidine groups is 1. The molecule has 9 aromatic rings. The number of fused-ring (bicyclic) bond motifs is 10. The number of allylic oxidation sites excluding steroid dienone is 1. The van der Waals surface area contributed by atoms with Gasteiger partial charge in [0.15, 0.2) is 5.84 Å². The quantitative estimate of drug-likeness (QED) is 0.162. The minimum absolute atomic E-state index is 0.0110. The van der Waals surface area contributed by atoms with Gasteiger partial charge in [0.05, 0.1) is 11.8 Å². The Morgan fingerprint density at radius 1 is 0.638 bits per heavy atom. The van der Waals surface area contributed by atoms with E-state index in [9.17, 15) is 0 Å². The van der Waals surface area contributed by atoms with Crippen molar-refractivity contribution in [1.29, 1.82) is 0 Å². The topological polar surface area (TPSA) is 37.9 Å². The van der Waals surface area contributed by atoms with Gasteiger partial charge in [-0.25, -0.2) is 4.99 Å². The highest BCUT2D eigenvalue weighted by atomic mass is 16.3. The second-order valence-electron chi connectivity index (χ2n) is 16.3. The van der Waals surface area contributed by atoms with Gasteiger partial charge in [-0.15, -0.1) is 0 Å². The van der Waals surface area contributed by atoms with Crippen LogP contribution in [0.2, 0.25) is 0 Å². The molecule has 8 aromatic carbocycles. The van der Waals surface area contributed by atoms with Crippen LogP contribution in [0.4, 0.5) is 0 Å². The van der Waals surface area contributed by atoms with Crippen molar-refractivity contribution >= 4 is 71.9 Å². The molecule has 2 aliphatic rings. The Labute approximate surface area is 339 Å². The molecule has 11 rings (SSSR count). The Hall–Kier alpha value is -6.58. The van der Waals surface area contributed by atoms with Crippen molar-refractivity contribution in [2.45, 2.75) is 51.5 Å². The van der Waals surface area contributed by atoms with Crippen LogP contribution in [-0.4, -0.2) is 11.5 Å². The molecular weight excluding hydrogens is 705 g/mol. The van der Waals surface area contributed by atoms with Crippen LogP contribution in [0.3, 0.4) is 0 Å². The van der Waals surface area contributed by atoms with E-state index in [4.69, 9.17) is 14.4 Å². The lowest BCUT2D eigenvalue weighted by Crippen LogP contribution is -2.18. The van der Waals surface area contributed by atoms with Crippen molar-refractivity contribution in [1.82, 2.24) is 0 Å². The fraction of sp³-hybridized carbons (Fsp3) is 0.164. The van der Waals surface area contributed by atoms with Crippen LogP contribution in [0.5, 0.6) is 0 Å². The van der Waals surface area contributed by atoms with Crippen molar-refractivity contribution in [3.8, 4) is 11.1 Å². The summed E-state index contributed by atoms with van der Waals surface area (Å²) < 4.78 is 6.63. The fourth-order valence-corrected chi connectivity index (χ4v) is 9.84. The van der Waals surface area contributed by atoms with Crippen LogP contribution >= 0.6 is 0 Å². The van der Waals surface area contributed by atoms with Gasteiger partial charge in [0.1, 0.15) is 11.2 Å². The molecule has 0 fully saturated rings. The minimum Gasteiger partial charge on any atom is -0.455 e. The van der Waals surface area contributed by atoms with E-state index in [2.05, 4.69) is 172 Å². The second-order valence-corrected chi connectivity index (χ2v) is 16.3. The molecule has 0 amide bonds. The van der Waals surface area contributed by atoms with Crippen molar-refractivity contribution < 1.29 is 4.42 Å². The molecule has 0 radical (unpaired) electrons. The molecule has 3 nitrogen and oxygen atoms in total. The van der Waals surface area contributed by atoms with E-state index in [1.807, 2.05) is 6.07 Å². The van der Waals surface area contributed by atoms with Gasteiger partial charge in [0.2, 0.25) is 0 Å². The van der Waals surface area contributed by atoms with Crippen LogP contribution in [0.1, 0.15) is 79.3 Å². The highest BCUT2D eigenvalue weighted by Crippen LogP contribution is 2.44. The molecule has 0 N–H and O–H groups in total. The Balaban J connectivity index is 1.10. The lowest BCUT2D eigenvalue weighted by molar-refractivity contribution is 0.446. The maximum Gasteiger partial charge on any atom is 0.155 e. The zero-order valence-electron chi connectivity index (χ0n) is 33.0. The number of para-hydroxylation sites is 1. The summed E-state index contributed by atoms with van der Waals surface area (Å²) in [5.74, 6) is 1.63. The number of hydrogen-bond acceptors (Lipinski definition) is 3. The predicted octanol–water partition coefficient (Wildman–Crippen LogP) is 15.0. The monoisotopic (exact) mass is 748 g/mol. The number of nitrogens with zero attached hydrogens (tertiary/aromatic N) is 2. The van der Waals surface area contributed by atoms with Crippen LogP contribution in [0.25, 0.3) is 71.5 Å². The molecule has 3 atom stereocenters. The third kappa shape index (κ3) is 5.71. The van der Waals surface area contributed by atoms with Crippen molar-refractivity contribution in [3.63, 3.8) is 0 Å². The lowest BCUT2D eigenvalue weighted by atomic mass is 9.80. The average molecular weight is 749 g/mol. The summed E-state index contributed by atoms with van der Waals surface area (Å²) in [5.41, 5.74) is 11.5. The van der Waals surface area contributed by atoms with Crippen molar-refractivity contribution in [2.24, 2.45) is 15.9 Å². The molecule has 2 heterocycles. The molecule has 0 saturated heterocycles. The minimum atomic E-state index is -0.0110. The Bertz CT molecular complexity index is 3150. The summed E-state index contributed by atoms with van der Waals surface area (Å²) in [6.07, 6.45) is 8.78. The average Bonchev–Trinajstić information content (AvgIpc) is 3.68. The normalized spacial score (nSPS) is 20.1. The van der Waals surface area contributed by atoms with Crippen LogP contribution in [0.15, 0.2) is 172 Å². The Morgan fingerprint density at radius 2 is 1.33 bits per heavy atom. The van der Waals surface area contributed by atoms with E-state index in [0.717, 1.165) is 81.1 Å². The third-order valence-electron chi connectivity index (χ3n) is 12.9. The van der Waals surface area contributed by atoms with Gasteiger partial charge < -0.3 is 4.42 Å². The zero-order valence-corrected chi connectivity index (χ0v) is 33.0. The Morgan fingerprint density at radius 3 is 2.14 bits per heavy atom. The smallest absolute Gasteiger partial charge is 0.155 e. The van der Waals surface area contributed by atoms with Gasteiger partial charge in [0.25, 0.3) is 0 Å². The molecule has 58 heavy (non-hydrogen) atoms. The zero-order chi connectivity index (χ0) is 38.7. The summed E-state index contributed by atoms with van der Waals surface area (Å²) in [6.45, 7) is 4.65. The number of furan rings is 1. The van der Waals surface area contributed by atoms with E-state index in [1.165, 1.54) is 49.4 Å². The van der Waals surface area contributed by atoms with Gasteiger partial charge in [-0.05, 0) is 110 Å². The summed E-state index contributed by atoms with van der Waals surface area (Å²) in [6, 6.07) is 55.0. The molecular formula is C55H44N2O. The first-order chi connectivity index (χ1) is 28.6. The van der Waals surface area contributed by atoms with Gasteiger partial charge >= 0.3 is 0 Å². The summed E-state index contributed by atoms with van der Waals surface area (Å²) in [4.78, 5) is 11.2. The molecule has 3 unspecified atom stereocenters. The van der Waals surface area contributed by atoms with Crippen LogP contribution in [-0.2, 0) is 0 Å². The van der Waals surface area contributed by atoms with Gasteiger partial charge in [-0.3, -0.25) is 4.99 Å². The maximum atomic E-state index is 6.63. The fourth-order valence-electron chi connectivity index (χ4n) is 9.84. The predicted molar refractivity (Wildman–Crippen MR) is 245 cm³/mol. The maximum absolute atomic E-state index is 6.63.